The number of aliphatic hydroxyl groups is 1. The highest BCUT2D eigenvalue weighted by molar-refractivity contribution is 5.65. The van der Waals surface area contributed by atoms with Crippen LogP contribution in [0.25, 0.3) is 16.9 Å². The van der Waals surface area contributed by atoms with Gasteiger partial charge in [0.25, 0.3) is 0 Å². The predicted molar refractivity (Wildman–Crippen MR) is 82.1 cm³/mol. The molecule has 0 fully saturated rings. The number of aryl methyl sites for hydroxylation is 2. The van der Waals surface area contributed by atoms with Gasteiger partial charge in [0, 0.05) is 5.56 Å². The zero-order valence-corrected chi connectivity index (χ0v) is 12.4. The second-order valence-corrected chi connectivity index (χ2v) is 5.21. The van der Waals surface area contributed by atoms with E-state index in [1.54, 1.807) is 18.2 Å². The van der Waals surface area contributed by atoms with Crippen LogP contribution in [0.15, 0.2) is 42.5 Å². The Bertz CT molecular complexity index is 827. The molecule has 4 nitrogen and oxygen atoms in total. The zero-order valence-electron chi connectivity index (χ0n) is 12.4. The van der Waals surface area contributed by atoms with Gasteiger partial charge in [0.05, 0.1) is 6.61 Å². The Hall–Kier alpha value is -2.53. The van der Waals surface area contributed by atoms with E-state index in [9.17, 15) is 9.50 Å². The van der Waals surface area contributed by atoms with Gasteiger partial charge >= 0.3 is 0 Å². The summed E-state index contributed by atoms with van der Waals surface area (Å²) in [6, 6.07) is 12.3. The molecule has 22 heavy (non-hydrogen) atoms. The van der Waals surface area contributed by atoms with Crippen LogP contribution in [0.5, 0.6) is 0 Å². The van der Waals surface area contributed by atoms with Crippen LogP contribution in [-0.2, 0) is 6.61 Å². The quantitative estimate of drug-likeness (QED) is 0.808. The van der Waals surface area contributed by atoms with Crippen molar-refractivity contribution in [1.29, 1.82) is 0 Å². The average Bonchev–Trinajstić information content (AvgIpc) is 2.94. The van der Waals surface area contributed by atoms with Crippen molar-refractivity contribution in [1.82, 2.24) is 15.0 Å². The number of hydrogen-bond acceptors (Lipinski definition) is 3. The van der Waals surface area contributed by atoms with Crippen molar-refractivity contribution in [3.63, 3.8) is 0 Å². The third kappa shape index (κ3) is 2.40. The number of aromatic nitrogens is 3. The lowest BCUT2D eigenvalue weighted by Crippen LogP contribution is -2.03. The van der Waals surface area contributed by atoms with Gasteiger partial charge in [-0.25, -0.2) is 9.07 Å². The van der Waals surface area contributed by atoms with Crippen molar-refractivity contribution in [2.45, 2.75) is 20.5 Å². The van der Waals surface area contributed by atoms with E-state index in [0.29, 0.717) is 17.1 Å². The average molecular weight is 297 g/mol. The summed E-state index contributed by atoms with van der Waals surface area (Å²) in [7, 11) is 0. The topological polar surface area (TPSA) is 50.9 Å². The van der Waals surface area contributed by atoms with E-state index in [4.69, 9.17) is 0 Å². The lowest BCUT2D eigenvalue weighted by atomic mass is 10.0. The molecule has 0 atom stereocenters. The van der Waals surface area contributed by atoms with Crippen molar-refractivity contribution in [2.75, 3.05) is 0 Å². The monoisotopic (exact) mass is 297 g/mol. The van der Waals surface area contributed by atoms with Crippen molar-refractivity contribution < 1.29 is 9.50 Å². The molecule has 0 amide bonds. The van der Waals surface area contributed by atoms with Crippen LogP contribution in [-0.4, -0.2) is 20.1 Å². The fourth-order valence-electron chi connectivity index (χ4n) is 2.39. The molecule has 1 N–H and O–H groups in total. The summed E-state index contributed by atoms with van der Waals surface area (Å²) in [4.78, 5) is 0. The van der Waals surface area contributed by atoms with Gasteiger partial charge in [-0.2, -0.15) is 0 Å². The highest BCUT2D eigenvalue weighted by atomic mass is 19.1. The van der Waals surface area contributed by atoms with Crippen molar-refractivity contribution in [3.05, 3.63) is 65.1 Å². The minimum atomic E-state index is -0.387. The molecule has 0 saturated heterocycles. The van der Waals surface area contributed by atoms with E-state index in [1.807, 2.05) is 32.0 Å². The largest absolute Gasteiger partial charge is 0.390 e. The Morgan fingerprint density at radius 3 is 2.55 bits per heavy atom. The van der Waals surface area contributed by atoms with Crippen molar-refractivity contribution in [2.24, 2.45) is 0 Å². The smallest absolute Gasteiger partial charge is 0.148 e. The minimum Gasteiger partial charge on any atom is -0.390 e. The third-order valence-corrected chi connectivity index (χ3v) is 3.75. The lowest BCUT2D eigenvalue weighted by Gasteiger charge is -2.10. The molecule has 0 aliphatic heterocycles. The summed E-state index contributed by atoms with van der Waals surface area (Å²) >= 11 is 0. The Kier molecular flexibility index (Phi) is 3.73. The lowest BCUT2D eigenvalue weighted by molar-refractivity contribution is 0.277. The zero-order chi connectivity index (χ0) is 15.7. The number of halogens is 1. The summed E-state index contributed by atoms with van der Waals surface area (Å²) < 4.78 is 15.5. The third-order valence-electron chi connectivity index (χ3n) is 3.75. The molecule has 1 aromatic heterocycles. The van der Waals surface area contributed by atoms with E-state index < -0.39 is 0 Å². The van der Waals surface area contributed by atoms with Gasteiger partial charge in [-0.05, 0) is 43.2 Å². The van der Waals surface area contributed by atoms with Crippen LogP contribution < -0.4 is 0 Å². The number of aliphatic hydroxyl groups excluding tert-OH is 1. The van der Waals surface area contributed by atoms with Crippen LogP contribution in [0.1, 0.15) is 16.8 Å². The van der Waals surface area contributed by atoms with Crippen molar-refractivity contribution in [3.8, 4) is 16.9 Å². The van der Waals surface area contributed by atoms with Gasteiger partial charge in [-0.15, -0.1) is 5.10 Å². The van der Waals surface area contributed by atoms with Gasteiger partial charge in [-0.3, -0.25) is 0 Å². The molecule has 0 unspecified atom stereocenters. The number of benzene rings is 2. The van der Waals surface area contributed by atoms with E-state index >= 15 is 0 Å². The first-order valence-electron chi connectivity index (χ1n) is 6.99. The van der Waals surface area contributed by atoms with Crippen LogP contribution >= 0.6 is 0 Å². The molecule has 112 valence electrons. The minimum absolute atomic E-state index is 0.253. The molecule has 0 aliphatic carbocycles. The van der Waals surface area contributed by atoms with E-state index in [0.717, 1.165) is 11.1 Å². The first kappa shape index (κ1) is 14.4. The highest BCUT2D eigenvalue weighted by Crippen LogP contribution is 2.28. The number of nitrogens with zero attached hydrogens (tertiary/aromatic N) is 3. The fraction of sp³-hybridized carbons (Fsp3) is 0.176. The number of hydrogen-bond donors (Lipinski definition) is 1. The summed E-state index contributed by atoms with van der Waals surface area (Å²) in [6.07, 6.45) is 0. The predicted octanol–water partition coefficient (Wildman–Crippen LogP) is 3.18. The normalized spacial score (nSPS) is 10.9. The van der Waals surface area contributed by atoms with Gasteiger partial charge in [-0.1, -0.05) is 29.5 Å². The van der Waals surface area contributed by atoms with Crippen LogP contribution in [0, 0.1) is 19.7 Å². The van der Waals surface area contributed by atoms with E-state index in [1.165, 1.54) is 16.3 Å². The molecular weight excluding hydrogens is 281 g/mol. The SMILES string of the molecule is Cc1ccc(-c2c(CO)nnn2-c2ccccc2F)cc1C. The standard InChI is InChI=1S/C17H16FN3O/c1-11-7-8-13(9-12(11)2)17-15(10-22)19-20-21(17)16-6-4-3-5-14(16)18/h3-9,22H,10H2,1-2H3. The molecule has 3 aromatic rings. The molecule has 0 bridgehead atoms. The van der Waals surface area contributed by atoms with Gasteiger partial charge in [0.15, 0.2) is 0 Å². The van der Waals surface area contributed by atoms with E-state index in [-0.39, 0.29) is 12.4 Å². The molecular formula is C17H16FN3O. The Morgan fingerprint density at radius 1 is 1.09 bits per heavy atom. The molecule has 0 radical (unpaired) electrons. The molecule has 2 aromatic carbocycles. The summed E-state index contributed by atoms with van der Waals surface area (Å²) in [5.74, 6) is -0.387. The van der Waals surface area contributed by atoms with Crippen LogP contribution in [0.3, 0.4) is 0 Å². The van der Waals surface area contributed by atoms with Crippen molar-refractivity contribution >= 4 is 0 Å². The molecule has 0 spiro atoms. The summed E-state index contributed by atoms with van der Waals surface area (Å²) in [6.45, 7) is 3.78. The second kappa shape index (κ2) is 5.69. The Labute approximate surface area is 127 Å². The summed E-state index contributed by atoms with van der Waals surface area (Å²) in [5.41, 5.74) is 4.47. The van der Waals surface area contributed by atoms with Gasteiger partial charge in [0.1, 0.15) is 22.9 Å². The maximum atomic E-state index is 14.1. The van der Waals surface area contributed by atoms with E-state index in [2.05, 4.69) is 10.3 Å². The number of para-hydroxylation sites is 1. The molecule has 0 aliphatic rings. The van der Waals surface area contributed by atoms with Crippen LogP contribution in [0.2, 0.25) is 0 Å². The molecule has 1 heterocycles. The Morgan fingerprint density at radius 2 is 1.86 bits per heavy atom. The van der Waals surface area contributed by atoms with Gasteiger partial charge in [0.2, 0.25) is 0 Å². The molecule has 0 saturated carbocycles. The Balaban J connectivity index is 2.24. The fourth-order valence-corrected chi connectivity index (χ4v) is 2.39. The highest BCUT2D eigenvalue weighted by Gasteiger charge is 2.18. The summed E-state index contributed by atoms with van der Waals surface area (Å²) in [5, 5.41) is 17.5. The molecule has 5 heteroatoms. The maximum absolute atomic E-state index is 14.1. The second-order valence-electron chi connectivity index (χ2n) is 5.21. The maximum Gasteiger partial charge on any atom is 0.148 e. The van der Waals surface area contributed by atoms with Crippen LogP contribution in [0.4, 0.5) is 4.39 Å². The first-order chi connectivity index (χ1) is 10.6. The molecule has 3 rings (SSSR count). The van der Waals surface area contributed by atoms with Gasteiger partial charge < -0.3 is 5.11 Å². The number of rotatable bonds is 3. The first-order valence-corrected chi connectivity index (χ1v) is 6.99.